The number of carboxylic acid groups (broad SMARTS) is 1. The monoisotopic (exact) mass is 288 g/mol. The molecule has 112 valence electrons. The molecule has 5 heteroatoms. The largest absolute Gasteiger partial charge is 0.481 e. The van der Waals surface area contributed by atoms with E-state index in [2.05, 4.69) is 11.0 Å². The molecule has 1 saturated heterocycles. The number of anilines is 1. The highest BCUT2D eigenvalue weighted by Crippen LogP contribution is 2.27. The minimum absolute atomic E-state index is 0.0395. The third-order valence-corrected chi connectivity index (χ3v) is 4.43. The Balaban J connectivity index is 1.63. The Morgan fingerprint density at radius 3 is 2.86 bits per heavy atom. The molecule has 5 nitrogen and oxygen atoms in total. The Labute approximate surface area is 124 Å². The number of aliphatic carboxylic acids is 1. The number of amides is 1. The fraction of sp³-hybridized carbons (Fsp3) is 0.500. The summed E-state index contributed by atoms with van der Waals surface area (Å²) in [6.07, 6.45) is 2.42. The van der Waals surface area contributed by atoms with Crippen LogP contribution in [0, 0.1) is 5.92 Å². The van der Waals surface area contributed by atoms with Gasteiger partial charge in [0.15, 0.2) is 0 Å². The molecule has 1 atom stereocenters. The molecule has 0 radical (unpaired) electrons. The molecule has 1 aromatic carbocycles. The highest BCUT2D eigenvalue weighted by molar-refractivity contribution is 5.83. The highest BCUT2D eigenvalue weighted by Gasteiger charge is 2.29. The number of piperidine rings is 1. The lowest BCUT2D eigenvalue weighted by atomic mass is 9.98. The summed E-state index contributed by atoms with van der Waals surface area (Å²) in [5, 5.41) is 9.10. The summed E-state index contributed by atoms with van der Waals surface area (Å²) in [5.74, 6) is -1.16. The summed E-state index contributed by atoms with van der Waals surface area (Å²) >= 11 is 0. The summed E-state index contributed by atoms with van der Waals surface area (Å²) in [6.45, 7) is 2.24. The molecule has 0 aromatic heterocycles. The van der Waals surface area contributed by atoms with Crippen LogP contribution in [0.3, 0.4) is 0 Å². The Hall–Kier alpha value is -2.04. The molecule has 1 fully saturated rings. The van der Waals surface area contributed by atoms with E-state index in [1.54, 1.807) is 4.90 Å². The van der Waals surface area contributed by atoms with Crippen molar-refractivity contribution in [3.05, 3.63) is 29.8 Å². The lowest BCUT2D eigenvalue weighted by molar-refractivity contribution is -0.145. The van der Waals surface area contributed by atoms with Gasteiger partial charge in [-0.2, -0.15) is 0 Å². The van der Waals surface area contributed by atoms with Gasteiger partial charge in [0, 0.05) is 25.3 Å². The summed E-state index contributed by atoms with van der Waals surface area (Å²) in [7, 11) is 0. The van der Waals surface area contributed by atoms with Gasteiger partial charge in [-0.1, -0.05) is 18.2 Å². The second kappa shape index (κ2) is 5.76. The van der Waals surface area contributed by atoms with Crippen molar-refractivity contribution in [1.29, 1.82) is 0 Å². The molecule has 1 N–H and O–H groups in total. The van der Waals surface area contributed by atoms with Crippen molar-refractivity contribution in [3.8, 4) is 0 Å². The van der Waals surface area contributed by atoms with E-state index >= 15 is 0 Å². The van der Waals surface area contributed by atoms with Crippen LogP contribution in [-0.2, 0) is 16.0 Å². The fourth-order valence-corrected chi connectivity index (χ4v) is 3.24. The molecule has 0 bridgehead atoms. The second-order valence-corrected chi connectivity index (χ2v) is 5.82. The SMILES string of the molecule is O=C(O)C1CCCN(C(=O)CN2CCc3ccccc32)C1. The van der Waals surface area contributed by atoms with Crippen molar-refractivity contribution < 1.29 is 14.7 Å². The van der Waals surface area contributed by atoms with E-state index in [1.165, 1.54) is 5.56 Å². The van der Waals surface area contributed by atoms with Crippen molar-refractivity contribution in [1.82, 2.24) is 4.90 Å². The third-order valence-electron chi connectivity index (χ3n) is 4.43. The molecular weight excluding hydrogens is 268 g/mol. The number of carbonyl (C=O) groups is 2. The van der Waals surface area contributed by atoms with E-state index in [0.717, 1.165) is 25.1 Å². The zero-order valence-corrected chi connectivity index (χ0v) is 12.0. The maximum atomic E-state index is 12.4. The van der Waals surface area contributed by atoms with Crippen LogP contribution < -0.4 is 4.90 Å². The first-order valence-corrected chi connectivity index (χ1v) is 7.48. The number of rotatable bonds is 3. The maximum Gasteiger partial charge on any atom is 0.308 e. The van der Waals surface area contributed by atoms with Crippen LogP contribution in [0.25, 0.3) is 0 Å². The van der Waals surface area contributed by atoms with Gasteiger partial charge in [-0.15, -0.1) is 0 Å². The van der Waals surface area contributed by atoms with Crippen molar-refractivity contribution >= 4 is 17.6 Å². The van der Waals surface area contributed by atoms with Crippen molar-refractivity contribution in [2.45, 2.75) is 19.3 Å². The van der Waals surface area contributed by atoms with Crippen LogP contribution in [0.4, 0.5) is 5.69 Å². The van der Waals surface area contributed by atoms with Crippen LogP contribution >= 0.6 is 0 Å². The summed E-state index contributed by atoms with van der Waals surface area (Å²) in [6, 6.07) is 8.16. The van der Waals surface area contributed by atoms with E-state index < -0.39 is 11.9 Å². The first kappa shape index (κ1) is 13.9. The predicted molar refractivity (Wildman–Crippen MR) is 79.3 cm³/mol. The van der Waals surface area contributed by atoms with Crippen molar-refractivity contribution in [2.24, 2.45) is 5.92 Å². The minimum Gasteiger partial charge on any atom is -0.481 e. The van der Waals surface area contributed by atoms with Gasteiger partial charge in [-0.05, 0) is 30.9 Å². The Morgan fingerprint density at radius 1 is 1.24 bits per heavy atom. The number of fused-ring (bicyclic) bond motifs is 1. The normalized spacial score (nSPS) is 21.2. The zero-order chi connectivity index (χ0) is 14.8. The molecular formula is C16H20N2O3. The summed E-state index contributed by atoms with van der Waals surface area (Å²) in [5.41, 5.74) is 2.42. The molecule has 21 heavy (non-hydrogen) atoms. The number of carboxylic acids is 1. The van der Waals surface area contributed by atoms with Crippen molar-refractivity contribution in [2.75, 3.05) is 31.1 Å². The molecule has 0 spiro atoms. The quantitative estimate of drug-likeness (QED) is 0.912. The maximum absolute atomic E-state index is 12.4. The number of benzene rings is 1. The van der Waals surface area contributed by atoms with Gasteiger partial charge in [0.2, 0.25) is 5.91 Å². The number of hydrogen-bond donors (Lipinski definition) is 1. The van der Waals surface area contributed by atoms with E-state index in [0.29, 0.717) is 26.1 Å². The third kappa shape index (κ3) is 2.86. The average Bonchev–Trinajstić information content (AvgIpc) is 2.91. The Bertz CT molecular complexity index is 558. The van der Waals surface area contributed by atoms with Gasteiger partial charge < -0.3 is 14.9 Å². The first-order chi connectivity index (χ1) is 10.1. The topological polar surface area (TPSA) is 60.9 Å². The van der Waals surface area contributed by atoms with Gasteiger partial charge in [0.05, 0.1) is 12.5 Å². The van der Waals surface area contributed by atoms with Gasteiger partial charge in [0.1, 0.15) is 0 Å². The van der Waals surface area contributed by atoms with E-state index in [4.69, 9.17) is 5.11 Å². The Morgan fingerprint density at radius 2 is 2.05 bits per heavy atom. The minimum atomic E-state index is -0.793. The molecule has 1 amide bonds. The summed E-state index contributed by atoms with van der Waals surface area (Å²) < 4.78 is 0. The van der Waals surface area contributed by atoms with Crippen LogP contribution in [0.5, 0.6) is 0 Å². The van der Waals surface area contributed by atoms with Gasteiger partial charge in [0.25, 0.3) is 0 Å². The van der Waals surface area contributed by atoms with E-state index in [1.807, 2.05) is 18.2 Å². The smallest absolute Gasteiger partial charge is 0.308 e. The number of carbonyl (C=O) groups excluding carboxylic acids is 1. The number of nitrogens with zero attached hydrogens (tertiary/aromatic N) is 2. The molecule has 1 aromatic rings. The zero-order valence-electron chi connectivity index (χ0n) is 12.0. The molecule has 2 aliphatic rings. The molecule has 1 unspecified atom stereocenters. The molecule has 0 saturated carbocycles. The molecule has 3 rings (SSSR count). The number of hydrogen-bond acceptors (Lipinski definition) is 3. The van der Waals surface area contributed by atoms with Crippen LogP contribution in [-0.4, -0.2) is 48.1 Å². The van der Waals surface area contributed by atoms with Gasteiger partial charge >= 0.3 is 5.97 Å². The average molecular weight is 288 g/mol. The van der Waals surface area contributed by atoms with Gasteiger partial charge in [-0.3, -0.25) is 9.59 Å². The standard InChI is InChI=1S/C16H20N2O3/c19-15(18-8-3-5-13(10-18)16(20)21)11-17-9-7-12-4-1-2-6-14(12)17/h1-2,4,6,13H,3,5,7-11H2,(H,20,21). The molecule has 2 aliphatic heterocycles. The van der Waals surface area contributed by atoms with Gasteiger partial charge in [-0.25, -0.2) is 0 Å². The summed E-state index contributed by atoms with van der Waals surface area (Å²) in [4.78, 5) is 27.3. The second-order valence-electron chi connectivity index (χ2n) is 5.82. The lowest BCUT2D eigenvalue weighted by Crippen LogP contribution is -2.46. The predicted octanol–water partition coefficient (Wildman–Crippen LogP) is 1.37. The lowest BCUT2D eigenvalue weighted by Gasteiger charge is -2.32. The first-order valence-electron chi connectivity index (χ1n) is 7.48. The number of likely N-dealkylation sites (tertiary alicyclic amines) is 1. The van der Waals surface area contributed by atoms with Crippen LogP contribution in [0.2, 0.25) is 0 Å². The van der Waals surface area contributed by atoms with Crippen molar-refractivity contribution in [3.63, 3.8) is 0 Å². The van der Waals surface area contributed by atoms with E-state index in [9.17, 15) is 9.59 Å². The fourth-order valence-electron chi connectivity index (χ4n) is 3.24. The van der Waals surface area contributed by atoms with Crippen LogP contribution in [0.1, 0.15) is 18.4 Å². The molecule has 0 aliphatic carbocycles. The van der Waals surface area contributed by atoms with E-state index in [-0.39, 0.29) is 5.91 Å². The molecule has 2 heterocycles. The Kier molecular flexibility index (Phi) is 3.82. The van der Waals surface area contributed by atoms with Crippen LogP contribution in [0.15, 0.2) is 24.3 Å². The number of para-hydroxylation sites is 1. The highest BCUT2D eigenvalue weighted by atomic mass is 16.4.